The predicted molar refractivity (Wildman–Crippen MR) is 61.0 cm³/mol. The largest absolute Gasteiger partial charge is 0.384 e. The Morgan fingerprint density at radius 2 is 2.23 bits per heavy atom. The summed E-state index contributed by atoms with van der Waals surface area (Å²) in [7, 11) is 0. The van der Waals surface area contributed by atoms with Crippen LogP contribution in [0.5, 0.6) is 0 Å². The molecule has 13 heavy (non-hydrogen) atoms. The van der Waals surface area contributed by atoms with Crippen LogP contribution >= 0.6 is 15.9 Å². The number of hydrogen-bond donors (Lipinski definition) is 1. The minimum Gasteiger partial charge on any atom is -0.384 e. The smallest absolute Gasteiger partial charge is 0.0425 e. The van der Waals surface area contributed by atoms with Gasteiger partial charge in [-0.25, -0.2) is 0 Å². The van der Waals surface area contributed by atoms with Crippen LogP contribution in [0.15, 0.2) is 22.7 Å². The van der Waals surface area contributed by atoms with Crippen molar-refractivity contribution in [1.82, 2.24) is 0 Å². The molecule has 1 aromatic rings. The first kappa shape index (κ1) is 8.82. The maximum Gasteiger partial charge on any atom is 0.0425 e. The molecular formula is C11H12BrN. The Bertz CT molecular complexity index is 355. The van der Waals surface area contributed by atoms with Gasteiger partial charge in [0.2, 0.25) is 0 Å². The van der Waals surface area contributed by atoms with Crippen LogP contribution in [-0.2, 0) is 0 Å². The SMILES string of the molecule is Cc1ccc2c(c1Br)C=CCCN2. The Hall–Kier alpha value is -0.760. The third kappa shape index (κ3) is 1.63. The fourth-order valence-corrected chi connectivity index (χ4v) is 1.99. The summed E-state index contributed by atoms with van der Waals surface area (Å²) in [6, 6.07) is 4.28. The highest BCUT2D eigenvalue weighted by Gasteiger charge is 2.07. The molecule has 0 saturated carbocycles. The van der Waals surface area contributed by atoms with E-state index in [1.807, 2.05) is 0 Å². The van der Waals surface area contributed by atoms with Gasteiger partial charge in [-0.3, -0.25) is 0 Å². The third-order valence-electron chi connectivity index (χ3n) is 2.28. The molecule has 1 aromatic carbocycles. The maximum atomic E-state index is 3.61. The Morgan fingerprint density at radius 3 is 3.08 bits per heavy atom. The molecule has 0 atom stereocenters. The van der Waals surface area contributed by atoms with Crippen LogP contribution in [0.2, 0.25) is 0 Å². The lowest BCUT2D eigenvalue weighted by Crippen LogP contribution is -2.00. The molecule has 1 aliphatic heterocycles. The highest BCUT2D eigenvalue weighted by Crippen LogP contribution is 2.30. The monoisotopic (exact) mass is 237 g/mol. The molecule has 68 valence electrons. The van der Waals surface area contributed by atoms with Crippen molar-refractivity contribution in [1.29, 1.82) is 0 Å². The topological polar surface area (TPSA) is 12.0 Å². The Morgan fingerprint density at radius 1 is 1.38 bits per heavy atom. The highest BCUT2D eigenvalue weighted by molar-refractivity contribution is 9.10. The minimum atomic E-state index is 1.03. The second-order valence-electron chi connectivity index (χ2n) is 3.28. The molecule has 0 fully saturated rings. The highest BCUT2D eigenvalue weighted by atomic mass is 79.9. The van der Waals surface area contributed by atoms with Gasteiger partial charge in [0.25, 0.3) is 0 Å². The van der Waals surface area contributed by atoms with Crippen LogP contribution in [-0.4, -0.2) is 6.54 Å². The molecule has 1 heterocycles. The van der Waals surface area contributed by atoms with Crippen LogP contribution in [0.4, 0.5) is 5.69 Å². The number of benzene rings is 1. The molecular weight excluding hydrogens is 226 g/mol. The van der Waals surface area contributed by atoms with E-state index in [1.165, 1.54) is 21.3 Å². The zero-order chi connectivity index (χ0) is 9.26. The molecule has 0 spiro atoms. The van der Waals surface area contributed by atoms with Gasteiger partial charge in [-0.2, -0.15) is 0 Å². The van der Waals surface area contributed by atoms with Crippen molar-refractivity contribution in [3.63, 3.8) is 0 Å². The van der Waals surface area contributed by atoms with Crippen molar-refractivity contribution in [2.75, 3.05) is 11.9 Å². The van der Waals surface area contributed by atoms with E-state index in [0.29, 0.717) is 0 Å². The molecule has 1 nitrogen and oxygen atoms in total. The summed E-state index contributed by atoms with van der Waals surface area (Å²) in [4.78, 5) is 0. The molecule has 2 heteroatoms. The van der Waals surface area contributed by atoms with Gasteiger partial charge in [-0.05, 0) is 40.9 Å². The standard InChI is InChI=1S/C11H12BrN/c1-8-5-6-10-9(11(8)12)4-2-3-7-13-10/h2,4-6,13H,3,7H2,1H3. The van der Waals surface area contributed by atoms with Crippen molar-refractivity contribution in [2.24, 2.45) is 0 Å². The summed E-state index contributed by atoms with van der Waals surface area (Å²) in [5, 5.41) is 3.40. The first-order valence-corrected chi connectivity index (χ1v) is 5.28. The summed E-state index contributed by atoms with van der Waals surface area (Å²) in [6.07, 6.45) is 5.50. The molecule has 1 aliphatic rings. The van der Waals surface area contributed by atoms with E-state index in [0.717, 1.165) is 13.0 Å². The molecule has 0 amide bonds. The van der Waals surface area contributed by atoms with Crippen molar-refractivity contribution in [2.45, 2.75) is 13.3 Å². The van der Waals surface area contributed by atoms with Gasteiger partial charge in [0.15, 0.2) is 0 Å². The third-order valence-corrected chi connectivity index (χ3v) is 3.34. The quantitative estimate of drug-likeness (QED) is 0.728. The lowest BCUT2D eigenvalue weighted by molar-refractivity contribution is 1.08. The van der Waals surface area contributed by atoms with E-state index in [9.17, 15) is 0 Å². The Labute approximate surface area is 87.0 Å². The maximum absolute atomic E-state index is 3.61. The summed E-state index contributed by atoms with van der Waals surface area (Å²) < 4.78 is 1.20. The lowest BCUT2D eigenvalue weighted by atomic mass is 10.1. The Balaban J connectivity index is 2.58. The van der Waals surface area contributed by atoms with E-state index in [4.69, 9.17) is 0 Å². The van der Waals surface area contributed by atoms with Crippen LogP contribution < -0.4 is 5.32 Å². The average molecular weight is 238 g/mol. The van der Waals surface area contributed by atoms with Gasteiger partial charge in [-0.15, -0.1) is 0 Å². The summed E-state index contributed by atoms with van der Waals surface area (Å²) in [5.74, 6) is 0. The summed E-state index contributed by atoms with van der Waals surface area (Å²) in [5.41, 5.74) is 3.79. The van der Waals surface area contributed by atoms with Crippen LogP contribution in [0.1, 0.15) is 17.5 Å². The fourth-order valence-electron chi connectivity index (χ4n) is 1.51. The molecule has 0 aromatic heterocycles. The van der Waals surface area contributed by atoms with Crippen molar-refractivity contribution >= 4 is 27.7 Å². The first-order valence-electron chi connectivity index (χ1n) is 4.48. The normalized spacial score (nSPS) is 14.6. The number of aryl methyl sites for hydroxylation is 1. The van der Waals surface area contributed by atoms with Gasteiger partial charge >= 0.3 is 0 Å². The second kappa shape index (κ2) is 3.54. The number of anilines is 1. The molecule has 0 bridgehead atoms. The van der Waals surface area contributed by atoms with Gasteiger partial charge in [0, 0.05) is 22.3 Å². The Kier molecular flexibility index (Phi) is 2.40. The van der Waals surface area contributed by atoms with Crippen molar-refractivity contribution in [3.8, 4) is 0 Å². The van der Waals surface area contributed by atoms with Crippen LogP contribution in [0, 0.1) is 6.92 Å². The fraction of sp³-hybridized carbons (Fsp3) is 0.273. The summed E-state index contributed by atoms with van der Waals surface area (Å²) in [6.45, 7) is 3.14. The summed E-state index contributed by atoms with van der Waals surface area (Å²) >= 11 is 3.61. The number of halogens is 1. The van der Waals surface area contributed by atoms with Gasteiger partial charge in [0.05, 0.1) is 0 Å². The van der Waals surface area contributed by atoms with Gasteiger partial charge in [0.1, 0.15) is 0 Å². The van der Waals surface area contributed by atoms with Crippen molar-refractivity contribution < 1.29 is 0 Å². The molecule has 0 unspecified atom stereocenters. The molecule has 2 rings (SSSR count). The zero-order valence-electron chi connectivity index (χ0n) is 7.60. The number of fused-ring (bicyclic) bond motifs is 1. The van der Waals surface area contributed by atoms with E-state index in [1.54, 1.807) is 0 Å². The van der Waals surface area contributed by atoms with E-state index >= 15 is 0 Å². The number of nitrogens with one attached hydrogen (secondary N) is 1. The molecule has 0 radical (unpaired) electrons. The number of rotatable bonds is 0. The van der Waals surface area contributed by atoms with E-state index < -0.39 is 0 Å². The lowest BCUT2D eigenvalue weighted by Gasteiger charge is -2.09. The molecule has 0 saturated heterocycles. The zero-order valence-corrected chi connectivity index (χ0v) is 9.19. The van der Waals surface area contributed by atoms with Crippen molar-refractivity contribution in [3.05, 3.63) is 33.8 Å². The number of hydrogen-bond acceptors (Lipinski definition) is 1. The van der Waals surface area contributed by atoms with E-state index in [-0.39, 0.29) is 0 Å². The van der Waals surface area contributed by atoms with Gasteiger partial charge < -0.3 is 5.32 Å². The van der Waals surface area contributed by atoms with Crippen LogP contribution in [0.3, 0.4) is 0 Å². The second-order valence-corrected chi connectivity index (χ2v) is 4.07. The van der Waals surface area contributed by atoms with Crippen LogP contribution in [0.25, 0.3) is 6.08 Å². The molecule has 1 N–H and O–H groups in total. The van der Waals surface area contributed by atoms with Gasteiger partial charge in [-0.1, -0.05) is 18.2 Å². The molecule has 0 aliphatic carbocycles. The average Bonchev–Trinajstić information content (AvgIpc) is 2.36. The van der Waals surface area contributed by atoms with E-state index in [2.05, 4.69) is 52.5 Å². The predicted octanol–water partition coefficient (Wildman–Crippen LogP) is 3.59. The first-order chi connectivity index (χ1) is 6.29. The minimum absolute atomic E-state index is 1.03.